The largest absolute Gasteiger partial charge is 0.465 e. The van der Waals surface area contributed by atoms with Gasteiger partial charge in [-0.05, 0) is 69.6 Å². The van der Waals surface area contributed by atoms with Gasteiger partial charge in [0, 0.05) is 12.8 Å². The van der Waals surface area contributed by atoms with Crippen LogP contribution in [-0.4, -0.2) is 24.6 Å². The minimum atomic E-state index is -0.0715. The highest BCUT2D eigenvalue weighted by Gasteiger charge is 2.15. The van der Waals surface area contributed by atoms with Gasteiger partial charge in [0.1, 0.15) is 6.10 Å². The van der Waals surface area contributed by atoms with Crippen molar-refractivity contribution in [3.63, 3.8) is 0 Å². The fourth-order valence-electron chi connectivity index (χ4n) is 5.72. The second-order valence-corrected chi connectivity index (χ2v) is 14.9. The quantitative estimate of drug-likeness (QED) is 0.0409. The molecule has 4 heteroatoms. The van der Waals surface area contributed by atoms with Gasteiger partial charge in [0.15, 0.2) is 0 Å². The van der Waals surface area contributed by atoms with Crippen molar-refractivity contribution in [1.82, 2.24) is 0 Å². The highest BCUT2D eigenvalue weighted by atomic mass is 16.5. The van der Waals surface area contributed by atoms with Crippen LogP contribution in [0.1, 0.15) is 221 Å². The Morgan fingerprint density at radius 1 is 0.511 bits per heavy atom. The molecule has 0 radical (unpaired) electrons. The fraction of sp³-hybridized carbons (Fsp3) is 0.902. The molecule has 1 atom stereocenters. The van der Waals surface area contributed by atoms with E-state index in [0.717, 1.165) is 64.2 Å². The van der Waals surface area contributed by atoms with Gasteiger partial charge in [-0.3, -0.25) is 9.59 Å². The lowest BCUT2D eigenvalue weighted by atomic mass is 9.99. The van der Waals surface area contributed by atoms with Crippen LogP contribution in [0.15, 0.2) is 12.2 Å². The molecule has 0 saturated carbocycles. The molecule has 0 saturated heterocycles. The van der Waals surface area contributed by atoms with Gasteiger partial charge in [0.05, 0.1) is 6.61 Å². The number of carbonyl (C=O) groups excluding carboxylic acids is 2. The maximum Gasteiger partial charge on any atom is 0.306 e. The summed E-state index contributed by atoms with van der Waals surface area (Å²) in [7, 11) is 0. The molecule has 1 unspecified atom stereocenters. The minimum absolute atomic E-state index is 0.00865. The predicted octanol–water partition coefficient (Wildman–Crippen LogP) is 13.4. The van der Waals surface area contributed by atoms with Crippen LogP contribution in [0, 0.1) is 5.41 Å². The first-order chi connectivity index (χ1) is 21.8. The first-order valence-electron chi connectivity index (χ1n) is 19.8. The molecule has 266 valence electrons. The normalized spacial score (nSPS) is 12.6. The van der Waals surface area contributed by atoms with Crippen LogP contribution in [0.4, 0.5) is 0 Å². The molecule has 0 rings (SSSR count). The van der Waals surface area contributed by atoms with Gasteiger partial charge in [0.2, 0.25) is 0 Å². The Kier molecular flexibility index (Phi) is 31.7. The van der Waals surface area contributed by atoms with E-state index in [2.05, 4.69) is 46.8 Å². The predicted molar refractivity (Wildman–Crippen MR) is 195 cm³/mol. The lowest BCUT2D eigenvalue weighted by Gasteiger charge is -2.18. The number of hydrogen-bond acceptors (Lipinski definition) is 4. The van der Waals surface area contributed by atoms with E-state index in [-0.39, 0.29) is 23.5 Å². The first kappa shape index (κ1) is 43.7. The van der Waals surface area contributed by atoms with E-state index in [1.165, 1.54) is 109 Å². The Morgan fingerprint density at radius 3 is 1.33 bits per heavy atom. The van der Waals surface area contributed by atoms with Crippen molar-refractivity contribution in [2.24, 2.45) is 5.41 Å². The van der Waals surface area contributed by atoms with Crippen molar-refractivity contribution in [3.8, 4) is 0 Å². The third kappa shape index (κ3) is 35.4. The van der Waals surface area contributed by atoms with Gasteiger partial charge in [-0.1, -0.05) is 156 Å². The molecule has 0 heterocycles. The summed E-state index contributed by atoms with van der Waals surface area (Å²) in [6, 6.07) is 0. The van der Waals surface area contributed by atoms with E-state index in [9.17, 15) is 9.59 Å². The summed E-state index contributed by atoms with van der Waals surface area (Å²) in [5.74, 6) is -0.0628. The van der Waals surface area contributed by atoms with Crippen LogP contribution in [0.5, 0.6) is 0 Å². The molecule has 45 heavy (non-hydrogen) atoms. The Morgan fingerprint density at radius 2 is 0.889 bits per heavy atom. The summed E-state index contributed by atoms with van der Waals surface area (Å²) in [6.45, 7) is 11.3. The molecule has 0 aromatic rings. The number of allylic oxidation sites excluding steroid dienone is 2. The highest BCUT2D eigenvalue weighted by molar-refractivity contribution is 5.69. The minimum Gasteiger partial charge on any atom is -0.465 e. The van der Waals surface area contributed by atoms with Crippen molar-refractivity contribution in [2.45, 2.75) is 227 Å². The van der Waals surface area contributed by atoms with Crippen molar-refractivity contribution >= 4 is 11.9 Å². The summed E-state index contributed by atoms with van der Waals surface area (Å²) >= 11 is 0. The van der Waals surface area contributed by atoms with Crippen LogP contribution < -0.4 is 0 Å². The average Bonchev–Trinajstić information content (AvgIpc) is 3.00. The number of unbranched alkanes of at least 4 members (excludes halogenated alkanes) is 21. The van der Waals surface area contributed by atoms with Crippen molar-refractivity contribution in [1.29, 1.82) is 0 Å². The average molecular weight is 635 g/mol. The van der Waals surface area contributed by atoms with Crippen molar-refractivity contribution < 1.29 is 19.1 Å². The van der Waals surface area contributed by atoms with Crippen LogP contribution in [-0.2, 0) is 19.1 Å². The van der Waals surface area contributed by atoms with E-state index < -0.39 is 0 Å². The fourth-order valence-corrected chi connectivity index (χ4v) is 5.72. The molecule has 0 aliphatic rings. The molecular weight excluding hydrogens is 556 g/mol. The van der Waals surface area contributed by atoms with E-state index in [1.807, 2.05) is 0 Å². The molecule has 0 aromatic heterocycles. The second kappa shape index (κ2) is 32.6. The van der Waals surface area contributed by atoms with Gasteiger partial charge in [-0.15, -0.1) is 0 Å². The molecule has 0 bridgehead atoms. The summed E-state index contributed by atoms with van der Waals surface area (Å²) in [6.07, 6.45) is 38.7. The van der Waals surface area contributed by atoms with Gasteiger partial charge < -0.3 is 9.47 Å². The lowest BCUT2D eigenvalue weighted by Crippen LogP contribution is -2.18. The van der Waals surface area contributed by atoms with Crippen molar-refractivity contribution in [3.05, 3.63) is 12.2 Å². The zero-order chi connectivity index (χ0) is 33.3. The number of esters is 2. The SMILES string of the molecule is CCCCCCCC/C=C\CCCCCCCC(=O)OC(CCCCCCCCC)CCCCCCCC(=O)OCC(C)(C)C. The maximum atomic E-state index is 12.7. The summed E-state index contributed by atoms with van der Waals surface area (Å²) in [4.78, 5) is 24.6. The summed E-state index contributed by atoms with van der Waals surface area (Å²) in [5.41, 5.74) is 0.0225. The Labute approximate surface area is 281 Å². The molecule has 0 spiro atoms. The Bertz CT molecular complexity index is 677. The Balaban J connectivity index is 4.07. The number of ether oxygens (including phenoxy) is 2. The third-order valence-electron chi connectivity index (χ3n) is 8.64. The number of carbonyl (C=O) groups is 2. The van der Waals surface area contributed by atoms with E-state index in [1.54, 1.807) is 0 Å². The molecule has 0 aliphatic heterocycles. The molecule has 4 nitrogen and oxygen atoms in total. The Hall–Kier alpha value is -1.32. The topological polar surface area (TPSA) is 52.6 Å². The second-order valence-electron chi connectivity index (χ2n) is 14.9. The van der Waals surface area contributed by atoms with Crippen LogP contribution in [0.2, 0.25) is 0 Å². The first-order valence-corrected chi connectivity index (χ1v) is 19.8. The molecule has 0 N–H and O–H groups in total. The van der Waals surface area contributed by atoms with E-state index >= 15 is 0 Å². The lowest BCUT2D eigenvalue weighted by molar-refractivity contribution is -0.150. The summed E-state index contributed by atoms with van der Waals surface area (Å²) < 4.78 is 11.4. The molecule has 0 aliphatic carbocycles. The monoisotopic (exact) mass is 635 g/mol. The summed E-state index contributed by atoms with van der Waals surface area (Å²) in [5, 5.41) is 0. The zero-order valence-electron chi connectivity index (χ0n) is 31.1. The molecule has 0 fully saturated rings. The van der Waals surface area contributed by atoms with Gasteiger partial charge >= 0.3 is 11.9 Å². The van der Waals surface area contributed by atoms with Gasteiger partial charge in [0.25, 0.3) is 0 Å². The molecule has 0 aromatic carbocycles. The third-order valence-corrected chi connectivity index (χ3v) is 8.64. The number of rotatable bonds is 33. The van der Waals surface area contributed by atoms with Crippen LogP contribution in [0.25, 0.3) is 0 Å². The van der Waals surface area contributed by atoms with Gasteiger partial charge in [-0.25, -0.2) is 0 Å². The maximum absolute atomic E-state index is 12.7. The van der Waals surface area contributed by atoms with Crippen LogP contribution >= 0.6 is 0 Å². The van der Waals surface area contributed by atoms with Gasteiger partial charge in [-0.2, -0.15) is 0 Å². The van der Waals surface area contributed by atoms with Crippen molar-refractivity contribution in [2.75, 3.05) is 6.61 Å². The van der Waals surface area contributed by atoms with E-state index in [0.29, 0.717) is 19.4 Å². The standard InChI is InChI=1S/C41H78O4/c1-6-8-10-12-14-15-16-17-18-19-20-21-23-27-32-36-40(43)45-38(33-29-25-22-13-11-9-7-2)34-30-26-24-28-31-35-39(42)44-37-41(3,4)5/h17-18,38H,6-16,19-37H2,1-5H3/b18-17-. The number of hydrogen-bond donors (Lipinski definition) is 0. The molecule has 0 amide bonds. The zero-order valence-corrected chi connectivity index (χ0v) is 31.1. The van der Waals surface area contributed by atoms with E-state index in [4.69, 9.17) is 9.47 Å². The van der Waals surface area contributed by atoms with Crippen LogP contribution in [0.3, 0.4) is 0 Å². The molecular formula is C41H78O4. The smallest absolute Gasteiger partial charge is 0.306 e. The highest BCUT2D eigenvalue weighted by Crippen LogP contribution is 2.19.